The highest BCUT2D eigenvalue weighted by molar-refractivity contribution is 6.02. The second kappa shape index (κ2) is 7.17. The van der Waals surface area contributed by atoms with Crippen LogP contribution >= 0.6 is 0 Å². The molecule has 2 amide bonds. The van der Waals surface area contributed by atoms with Crippen LogP contribution in [-0.2, 0) is 11.2 Å². The van der Waals surface area contributed by atoms with Crippen molar-refractivity contribution in [3.05, 3.63) is 42.2 Å². The van der Waals surface area contributed by atoms with Crippen LogP contribution < -0.4 is 5.73 Å². The van der Waals surface area contributed by atoms with Crippen LogP contribution in [0.25, 0.3) is 0 Å². The number of aromatic nitrogens is 1. The highest BCUT2D eigenvalue weighted by Gasteiger charge is 2.24. The van der Waals surface area contributed by atoms with Gasteiger partial charge in [0.05, 0.1) is 5.56 Å². The van der Waals surface area contributed by atoms with Gasteiger partial charge >= 0.3 is 6.09 Å². The molecule has 0 aliphatic carbocycles. The molecule has 0 aliphatic heterocycles. The maximum atomic E-state index is 12.2. The second-order valence-electron chi connectivity index (χ2n) is 5.99. The highest BCUT2D eigenvalue weighted by Crippen LogP contribution is 2.11. The Morgan fingerprint density at radius 1 is 1.45 bits per heavy atom. The molecule has 0 aliphatic rings. The van der Waals surface area contributed by atoms with E-state index in [2.05, 4.69) is 11.6 Å². The van der Waals surface area contributed by atoms with Crippen molar-refractivity contribution in [1.82, 2.24) is 9.88 Å². The Balaban J connectivity index is 2.76. The summed E-state index contributed by atoms with van der Waals surface area (Å²) in [4.78, 5) is 29.2. The SMILES string of the molecule is C=CC(N)Cc1ccc(C(=O)N(C)C(=O)OC(C)(C)C)cn1. The van der Waals surface area contributed by atoms with Gasteiger partial charge in [-0.1, -0.05) is 6.08 Å². The topological polar surface area (TPSA) is 85.5 Å². The molecule has 1 rings (SSSR count). The van der Waals surface area contributed by atoms with Crippen LogP contribution in [0.3, 0.4) is 0 Å². The maximum absolute atomic E-state index is 12.2. The van der Waals surface area contributed by atoms with Crippen molar-refractivity contribution in [1.29, 1.82) is 0 Å². The molecule has 0 saturated heterocycles. The molecule has 1 atom stereocenters. The number of hydrogen-bond acceptors (Lipinski definition) is 5. The van der Waals surface area contributed by atoms with Crippen LogP contribution in [0, 0.1) is 0 Å². The number of carbonyl (C=O) groups is 2. The maximum Gasteiger partial charge on any atom is 0.417 e. The summed E-state index contributed by atoms with van der Waals surface area (Å²) < 4.78 is 5.15. The molecule has 0 saturated carbocycles. The third-order valence-electron chi connectivity index (χ3n) is 2.79. The van der Waals surface area contributed by atoms with Gasteiger partial charge in [-0.05, 0) is 32.9 Å². The molecule has 0 spiro atoms. The van der Waals surface area contributed by atoms with Crippen molar-refractivity contribution < 1.29 is 14.3 Å². The number of nitrogens with zero attached hydrogens (tertiary/aromatic N) is 2. The lowest BCUT2D eigenvalue weighted by atomic mass is 10.1. The number of nitrogens with two attached hydrogens (primary N) is 1. The molecule has 2 N–H and O–H groups in total. The van der Waals surface area contributed by atoms with Gasteiger partial charge in [0.2, 0.25) is 0 Å². The average molecular weight is 305 g/mol. The molecule has 0 bridgehead atoms. The van der Waals surface area contributed by atoms with Crippen molar-refractivity contribution in [2.75, 3.05) is 7.05 Å². The molecule has 22 heavy (non-hydrogen) atoms. The molecule has 1 unspecified atom stereocenters. The van der Waals surface area contributed by atoms with E-state index in [4.69, 9.17) is 10.5 Å². The number of pyridine rings is 1. The molecular weight excluding hydrogens is 282 g/mol. The smallest absolute Gasteiger partial charge is 0.417 e. The van der Waals surface area contributed by atoms with Crippen molar-refractivity contribution in [2.24, 2.45) is 5.73 Å². The molecule has 1 aromatic rings. The Bertz CT molecular complexity index is 547. The second-order valence-corrected chi connectivity index (χ2v) is 5.99. The van der Waals surface area contributed by atoms with Crippen LogP contribution in [0.4, 0.5) is 4.79 Å². The predicted octanol–water partition coefficient (Wildman–Crippen LogP) is 2.14. The Morgan fingerprint density at radius 3 is 2.55 bits per heavy atom. The van der Waals surface area contributed by atoms with Crippen LogP contribution in [0.2, 0.25) is 0 Å². The first kappa shape index (κ1) is 17.8. The van der Waals surface area contributed by atoms with Crippen LogP contribution in [0.15, 0.2) is 31.0 Å². The third-order valence-corrected chi connectivity index (χ3v) is 2.79. The van der Waals surface area contributed by atoms with Crippen LogP contribution in [-0.4, -0.2) is 40.6 Å². The fraction of sp³-hybridized carbons (Fsp3) is 0.438. The first-order valence-electron chi connectivity index (χ1n) is 6.98. The largest absolute Gasteiger partial charge is 0.443 e. The summed E-state index contributed by atoms with van der Waals surface area (Å²) in [5, 5.41) is 0. The minimum atomic E-state index is -0.699. The summed E-state index contributed by atoms with van der Waals surface area (Å²) in [6, 6.07) is 3.14. The lowest BCUT2D eigenvalue weighted by Gasteiger charge is -2.23. The van der Waals surface area contributed by atoms with Gasteiger partial charge in [0.15, 0.2) is 0 Å². The highest BCUT2D eigenvalue weighted by atomic mass is 16.6. The minimum absolute atomic E-state index is 0.182. The molecule has 1 aromatic heterocycles. The van der Waals surface area contributed by atoms with Gasteiger partial charge in [0, 0.05) is 31.4 Å². The summed E-state index contributed by atoms with van der Waals surface area (Å²) >= 11 is 0. The number of rotatable bonds is 4. The number of carbonyl (C=O) groups excluding carboxylic acids is 2. The van der Waals surface area contributed by atoms with Crippen molar-refractivity contribution >= 4 is 12.0 Å². The monoisotopic (exact) mass is 305 g/mol. The zero-order valence-electron chi connectivity index (χ0n) is 13.5. The van der Waals surface area contributed by atoms with E-state index in [0.717, 1.165) is 10.6 Å². The fourth-order valence-electron chi connectivity index (χ4n) is 1.60. The Hall–Kier alpha value is -2.21. The van der Waals surface area contributed by atoms with E-state index in [0.29, 0.717) is 12.0 Å². The minimum Gasteiger partial charge on any atom is -0.443 e. The summed E-state index contributed by atoms with van der Waals surface area (Å²) in [6.07, 6.45) is 2.90. The standard InChI is InChI=1S/C16H23N3O3/c1-6-12(17)9-13-8-7-11(10-18-13)14(20)19(5)15(21)22-16(2,3)4/h6-8,10,12H,1,9,17H2,2-5H3. The fourth-order valence-corrected chi connectivity index (χ4v) is 1.60. The van der Waals surface area contributed by atoms with E-state index < -0.39 is 17.6 Å². The van der Waals surface area contributed by atoms with E-state index in [1.807, 2.05) is 0 Å². The van der Waals surface area contributed by atoms with Gasteiger partial charge in [-0.2, -0.15) is 0 Å². The number of amides is 2. The first-order chi connectivity index (χ1) is 10.1. The van der Waals surface area contributed by atoms with Gasteiger partial charge in [0.1, 0.15) is 5.60 Å². The van der Waals surface area contributed by atoms with E-state index in [9.17, 15) is 9.59 Å². The average Bonchev–Trinajstić information content (AvgIpc) is 2.44. The number of imide groups is 1. The normalized spacial score (nSPS) is 12.4. The number of ether oxygens (including phenoxy) is 1. The lowest BCUT2D eigenvalue weighted by Crippen LogP contribution is -2.38. The predicted molar refractivity (Wildman–Crippen MR) is 84.4 cm³/mol. The third kappa shape index (κ3) is 5.29. The van der Waals surface area contributed by atoms with Crippen LogP contribution in [0.5, 0.6) is 0 Å². The van der Waals surface area contributed by atoms with E-state index in [-0.39, 0.29) is 6.04 Å². The Labute approximate surface area is 131 Å². The van der Waals surface area contributed by atoms with Gasteiger partial charge in [-0.25, -0.2) is 9.69 Å². The van der Waals surface area contributed by atoms with Gasteiger partial charge < -0.3 is 10.5 Å². The molecule has 120 valence electrons. The lowest BCUT2D eigenvalue weighted by molar-refractivity contribution is 0.0284. The van der Waals surface area contributed by atoms with Gasteiger partial charge in [-0.15, -0.1) is 6.58 Å². The Kier molecular flexibility index (Phi) is 5.82. The van der Waals surface area contributed by atoms with Crippen molar-refractivity contribution in [3.8, 4) is 0 Å². The zero-order valence-corrected chi connectivity index (χ0v) is 13.5. The molecule has 6 heteroatoms. The van der Waals surface area contributed by atoms with E-state index in [1.165, 1.54) is 13.2 Å². The summed E-state index contributed by atoms with van der Waals surface area (Å²) in [5.41, 5.74) is 6.16. The van der Waals surface area contributed by atoms with Crippen molar-refractivity contribution in [3.63, 3.8) is 0 Å². The van der Waals surface area contributed by atoms with Gasteiger partial charge in [-0.3, -0.25) is 9.78 Å². The van der Waals surface area contributed by atoms with E-state index in [1.54, 1.807) is 39.0 Å². The molecule has 0 aromatic carbocycles. The molecular formula is C16H23N3O3. The molecule has 1 heterocycles. The van der Waals surface area contributed by atoms with E-state index >= 15 is 0 Å². The van der Waals surface area contributed by atoms with Crippen molar-refractivity contribution in [2.45, 2.75) is 38.8 Å². The summed E-state index contributed by atoms with van der Waals surface area (Å²) in [7, 11) is 1.37. The first-order valence-corrected chi connectivity index (χ1v) is 6.98. The zero-order chi connectivity index (χ0) is 16.9. The molecule has 0 radical (unpaired) electrons. The molecule has 0 fully saturated rings. The quantitative estimate of drug-likeness (QED) is 0.861. The van der Waals surface area contributed by atoms with Crippen LogP contribution in [0.1, 0.15) is 36.8 Å². The molecule has 6 nitrogen and oxygen atoms in total. The Morgan fingerprint density at radius 2 is 2.09 bits per heavy atom. The summed E-state index contributed by atoms with van der Waals surface area (Å²) in [6.45, 7) is 8.82. The van der Waals surface area contributed by atoms with Gasteiger partial charge in [0.25, 0.3) is 5.91 Å². The number of hydrogen-bond donors (Lipinski definition) is 1. The summed E-state index contributed by atoms with van der Waals surface area (Å²) in [5.74, 6) is -0.471.